The number of amides is 1. The fourth-order valence-corrected chi connectivity index (χ4v) is 3.83. The molecule has 1 aromatic carbocycles. The second kappa shape index (κ2) is 7.85. The van der Waals surface area contributed by atoms with Gasteiger partial charge in [-0.25, -0.2) is 0 Å². The number of carbonyl (C=O) groups is 2. The van der Waals surface area contributed by atoms with Gasteiger partial charge in [0.05, 0.1) is 11.8 Å². The minimum absolute atomic E-state index is 0.0391. The van der Waals surface area contributed by atoms with Gasteiger partial charge in [-0.3, -0.25) is 14.4 Å². The van der Waals surface area contributed by atoms with Gasteiger partial charge in [0.25, 0.3) is 5.56 Å². The molecule has 2 N–H and O–H groups in total. The average molecular weight is 372 g/mol. The summed E-state index contributed by atoms with van der Waals surface area (Å²) in [6.07, 6.45) is 4.63. The van der Waals surface area contributed by atoms with E-state index in [0.29, 0.717) is 10.9 Å². The molecule has 1 aliphatic rings. The first-order valence-corrected chi connectivity index (χ1v) is 9.26. The second-order valence-electron chi connectivity index (χ2n) is 7.38. The summed E-state index contributed by atoms with van der Waals surface area (Å²) in [4.78, 5) is 36.5. The van der Waals surface area contributed by atoms with Crippen LogP contribution in [0.15, 0.2) is 29.1 Å². The maximum absolute atomic E-state index is 12.6. The molecule has 1 fully saturated rings. The molecule has 1 aliphatic carbocycles. The molecule has 0 aliphatic heterocycles. The maximum atomic E-state index is 12.6. The van der Waals surface area contributed by atoms with Gasteiger partial charge in [0.15, 0.2) is 0 Å². The van der Waals surface area contributed by atoms with E-state index in [1.54, 1.807) is 31.2 Å². The normalized spacial score (nSPS) is 17.4. The molecular weight excluding hydrogens is 348 g/mol. The molecule has 144 valence electrons. The molecule has 0 unspecified atom stereocenters. The van der Waals surface area contributed by atoms with E-state index in [1.165, 1.54) is 0 Å². The number of carboxylic acids is 1. The molecule has 1 atom stereocenters. The van der Waals surface area contributed by atoms with Crippen molar-refractivity contribution in [2.75, 3.05) is 6.54 Å². The standard InChI is InChI=1S/C19H24N4O4/c1-13(23-18(27)14-7-3-4-8-15(14)21-22-23)17(26)20-12-19(11-16(24)25)9-5-2-6-10-19/h3-4,7-8,13H,2,5-6,9-12H2,1H3,(H,20,26)(H,24,25)/t13-/m0/s1. The summed E-state index contributed by atoms with van der Waals surface area (Å²) < 4.78 is 1.07. The van der Waals surface area contributed by atoms with Crippen molar-refractivity contribution < 1.29 is 14.7 Å². The zero-order valence-corrected chi connectivity index (χ0v) is 15.4. The average Bonchev–Trinajstić information content (AvgIpc) is 2.66. The van der Waals surface area contributed by atoms with Gasteiger partial charge in [0, 0.05) is 6.54 Å². The number of aromatic nitrogens is 3. The van der Waals surface area contributed by atoms with Crippen molar-refractivity contribution in [1.82, 2.24) is 20.3 Å². The fourth-order valence-electron chi connectivity index (χ4n) is 3.83. The van der Waals surface area contributed by atoms with Crippen LogP contribution >= 0.6 is 0 Å². The third-order valence-electron chi connectivity index (χ3n) is 5.42. The second-order valence-corrected chi connectivity index (χ2v) is 7.38. The Kier molecular flexibility index (Phi) is 5.53. The lowest BCUT2D eigenvalue weighted by molar-refractivity contribution is -0.141. The number of carboxylic acid groups (broad SMARTS) is 1. The first kappa shape index (κ1) is 19.0. The van der Waals surface area contributed by atoms with Gasteiger partial charge in [0.1, 0.15) is 11.6 Å². The van der Waals surface area contributed by atoms with Crippen molar-refractivity contribution in [3.63, 3.8) is 0 Å². The van der Waals surface area contributed by atoms with E-state index in [0.717, 1.165) is 36.8 Å². The Labute approximate surface area is 156 Å². The number of carbonyl (C=O) groups excluding carboxylic acids is 1. The van der Waals surface area contributed by atoms with E-state index >= 15 is 0 Å². The highest BCUT2D eigenvalue weighted by Crippen LogP contribution is 2.38. The van der Waals surface area contributed by atoms with E-state index in [9.17, 15) is 19.5 Å². The predicted molar refractivity (Wildman–Crippen MR) is 99.3 cm³/mol. The maximum Gasteiger partial charge on any atom is 0.303 e. The van der Waals surface area contributed by atoms with Crippen molar-refractivity contribution >= 4 is 22.8 Å². The summed E-state index contributed by atoms with van der Waals surface area (Å²) in [6, 6.07) is 6.01. The van der Waals surface area contributed by atoms with Crippen LogP contribution in [0.3, 0.4) is 0 Å². The molecule has 0 spiro atoms. The molecule has 1 saturated carbocycles. The Balaban J connectivity index is 1.74. The zero-order chi connectivity index (χ0) is 19.4. The van der Waals surface area contributed by atoms with Gasteiger partial charge < -0.3 is 10.4 Å². The number of aliphatic carboxylic acids is 1. The van der Waals surface area contributed by atoms with Gasteiger partial charge in [0.2, 0.25) is 5.91 Å². The summed E-state index contributed by atoms with van der Waals surface area (Å²) >= 11 is 0. The van der Waals surface area contributed by atoms with Crippen LogP contribution in [0.2, 0.25) is 0 Å². The van der Waals surface area contributed by atoms with Gasteiger partial charge in [-0.15, -0.1) is 5.10 Å². The predicted octanol–water partition coefficient (Wildman–Crippen LogP) is 1.89. The highest BCUT2D eigenvalue weighted by atomic mass is 16.4. The Hall–Kier alpha value is -2.77. The third-order valence-corrected chi connectivity index (χ3v) is 5.42. The van der Waals surface area contributed by atoms with Crippen LogP contribution < -0.4 is 10.9 Å². The minimum Gasteiger partial charge on any atom is -0.481 e. The van der Waals surface area contributed by atoms with E-state index in [-0.39, 0.29) is 24.4 Å². The molecule has 1 aromatic heterocycles. The SMILES string of the molecule is C[C@@H](C(=O)NCC1(CC(=O)O)CCCCC1)n1nnc2ccccc2c1=O. The highest BCUT2D eigenvalue weighted by Gasteiger charge is 2.35. The Morgan fingerprint density at radius 2 is 1.96 bits per heavy atom. The first-order valence-electron chi connectivity index (χ1n) is 9.26. The molecule has 3 rings (SSSR count). The lowest BCUT2D eigenvalue weighted by Gasteiger charge is -2.36. The molecule has 1 heterocycles. The number of hydrogen-bond donors (Lipinski definition) is 2. The highest BCUT2D eigenvalue weighted by molar-refractivity contribution is 5.81. The van der Waals surface area contributed by atoms with Crippen molar-refractivity contribution in [3.05, 3.63) is 34.6 Å². The molecule has 0 radical (unpaired) electrons. The van der Waals surface area contributed by atoms with Crippen LogP contribution in [0.25, 0.3) is 10.9 Å². The lowest BCUT2D eigenvalue weighted by atomic mass is 9.71. The number of nitrogens with zero attached hydrogens (tertiary/aromatic N) is 3. The molecule has 27 heavy (non-hydrogen) atoms. The molecule has 8 heteroatoms. The number of nitrogens with one attached hydrogen (secondary N) is 1. The molecule has 1 amide bonds. The quantitative estimate of drug-likeness (QED) is 0.800. The van der Waals surface area contributed by atoms with Crippen LogP contribution in [-0.2, 0) is 9.59 Å². The van der Waals surface area contributed by atoms with Crippen molar-refractivity contribution in [1.29, 1.82) is 0 Å². The van der Waals surface area contributed by atoms with Gasteiger partial charge in [-0.05, 0) is 37.3 Å². The summed E-state index contributed by atoms with van der Waals surface area (Å²) in [5, 5.41) is 20.4. The van der Waals surface area contributed by atoms with Gasteiger partial charge >= 0.3 is 5.97 Å². The van der Waals surface area contributed by atoms with E-state index in [2.05, 4.69) is 15.6 Å². The van der Waals surface area contributed by atoms with Gasteiger partial charge in [-0.1, -0.05) is 36.6 Å². The molecule has 8 nitrogen and oxygen atoms in total. The molecular formula is C19H24N4O4. The van der Waals surface area contributed by atoms with E-state index < -0.39 is 17.4 Å². The topological polar surface area (TPSA) is 114 Å². The molecule has 2 aromatic rings. The smallest absolute Gasteiger partial charge is 0.303 e. The molecule has 0 saturated heterocycles. The zero-order valence-electron chi connectivity index (χ0n) is 15.4. The van der Waals surface area contributed by atoms with Crippen LogP contribution in [0.5, 0.6) is 0 Å². The monoisotopic (exact) mass is 372 g/mol. The van der Waals surface area contributed by atoms with Crippen LogP contribution in [0.1, 0.15) is 51.5 Å². The van der Waals surface area contributed by atoms with Crippen LogP contribution in [0.4, 0.5) is 0 Å². The first-order chi connectivity index (χ1) is 12.9. The van der Waals surface area contributed by atoms with Crippen LogP contribution in [-0.4, -0.2) is 38.5 Å². The fraction of sp³-hybridized carbons (Fsp3) is 0.526. The number of rotatable bonds is 6. The largest absolute Gasteiger partial charge is 0.481 e. The minimum atomic E-state index is -0.851. The van der Waals surface area contributed by atoms with E-state index in [4.69, 9.17) is 0 Å². The Bertz CT molecular complexity index is 902. The summed E-state index contributed by atoms with van der Waals surface area (Å²) in [7, 11) is 0. The summed E-state index contributed by atoms with van der Waals surface area (Å²) in [5.74, 6) is -1.21. The Morgan fingerprint density at radius 1 is 1.26 bits per heavy atom. The van der Waals surface area contributed by atoms with Crippen molar-refractivity contribution in [2.45, 2.75) is 51.5 Å². The van der Waals surface area contributed by atoms with Crippen LogP contribution in [0, 0.1) is 5.41 Å². The number of hydrogen-bond acceptors (Lipinski definition) is 5. The van der Waals surface area contributed by atoms with Crippen molar-refractivity contribution in [2.24, 2.45) is 5.41 Å². The Morgan fingerprint density at radius 3 is 2.67 bits per heavy atom. The number of benzene rings is 1. The summed E-state index contributed by atoms with van der Waals surface area (Å²) in [5.41, 5.74) is -0.311. The number of fused-ring (bicyclic) bond motifs is 1. The van der Waals surface area contributed by atoms with Crippen molar-refractivity contribution in [3.8, 4) is 0 Å². The van der Waals surface area contributed by atoms with E-state index in [1.807, 2.05) is 0 Å². The third kappa shape index (κ3) is 4.15. The lowest BCUT2D eigenvalue weighted by Crippen LogP contribution is -2.44. The summed E-state index contributed by atoms with van der Waals surface area (Å²) in [6.45, 7) is 1.88. The molecule has 0 bridgehead atoms. The van der Waals surface area contributed by atoms with Gasteiger partial charge in [-0.2, -0.15) is 4.68 Å².